The number of thioether (sulfide) groups is 1. The molecule has 1 aromatic rings. The van der Waals surface area contributed by atoms with E-state index in [1.165, 1.54) is 16.3 Å². The molecule has 1 rings (SSSR count). The van der Waals surface area contributed by atoms with Crippen molar-refractivity contribution in [2.75, 3.05) is 5.75 Å². The first-order valence-corrected chi connectivity index (χ1v) is 6.71. The molecule has 1 unspecified atom stereocenters. The number of carboxylic acids is 1. The number of rotatable bonds is 7. The Morgan fingerprint density at radius 2 is 2.28 bits per heavy atom. The zero-order valence-corrected chi connectivity index (χ0v) is 11.5. The largest absolute Gasteiger partial charge is 0.480 e. The first-order chi connectivity index (χ1) is 8.45. The Kier molecular flexibility index (Phi) is 5.42. The Bertz CT molecular complexity index is 454. The summed E-state index contributed by atoms with van der Waals surface area (Å²) in [6, 6.07) is -0.577. The van der Waals surface area contributed by atoms with E-state index in [4.69, 9.17) is 5.11 Å². The number of carboxylic acid groups (broad SMARTS) is 1. The fourth-order valence-electron chi connectivity index (χ4n) is 1.44. The summed E-state index contributed by atoms with van der Waals surface area (Å²) < 4.78 is 1.47. The third-order valence-electron chi connectivity index (χ3n) is 2.25. The lowest BCUT2D eigenvalue weighted by atomic mass is 10.3. The number of nitrogens with zero attached hydrogens (tertiary/aromatic N) is 2. The molecule has 0 bridgehead atoms. The Balaban J connectivity index is 2.67. The number of aliphatic carboxylic acids is 1. The van der Waals surface area contributed by atoms with Crippen LogP contribution in [0.3, 0.4) is 0 Å². The molecule has 0 aromatic carbocycles. The molecule has 0 aliphatic rings. The number of hydrogen-bond donors (Lipinski definition) is 3. The number of nitrogens with one attached hydrogen (secondary N) is 2. The molecule has 1 atom stereocenters. The molecule has 0 saturated carbocycles. The molecule has 0 aliphatic carbocycles. The van der Waals surface area contributed by atoms with Gasteiger partial charge >= 0.3 is 11.7 Å². The van der Waals surface area contributed by atoms with Gasteiger partial charge in [0, 0.05) is 18.3 Å². The van der Waals surface area contributed by atoms with Crippen molar-refractivity contribution >= 4 is 17.7 Å². The van der Waals surface area contributed by atoms with Gasteiger partial charge in [-0.15, -0.1) is 5.10 Å². The molecule has 7 nitrogen and oxygen atoms in total. The van der Waals surface area contributed by atoms with Crippen LogP contribution in [0.25, 0.3) is 0 Å². The van der Waals surface area contributed by atoms with Crippen LogP contribution in [-0.4, -0.2) is 43.7 Å². The maximum absolute atomic E-state index is 11.3. The summed E-state index contributed by atoms with van der Waals surface area (Å²) in [5, 5.41) is 18.7. The highest BCUT2D eigenvalue weighted by Crippen LogP contribution is 2.14. The van der Waals surface area contributed by atoms with Gasteiger partial charge in [-0.1, -0.05) is 25.6 Å². The number of carbonyl (C=O) groups is 1. The molecule has 18 heavy (non-hydrogen) atoms. The van der Waals surface area contributed by atoms with Crippen molar-refractivity contribution in [2.24, 2.45) is 0 Å². The average Bonchev–Trinajstić information content (AvgIpc) is 2.64. The fraction of sp³-hybridized carbons (Fsp3) is 0.700. The van der Waals surface area contributed by atoms with Crippen LogP contribution in [0.15, 0.2) is 9.95 Å². The van der Waals surface area contributed by atoms with Gasteiger partial charge in [-0.3, -0.25) is 9.36 Å². The van der Waals surface area contributed by atoms with Gasteiger partial charge in [0.25, 0.3) is 0 Å². The topological polar surface area (TPSA) is 100 Å². The van der Waals surface area contributed by atoms with E-state index >= 15 is 0 Å². The third-order valence-corrected chi connectivity index (χ3v) is 3.32. The first-order valence-electron chi connectivity index (χ1n) is 5.72. The highest BCUT2D eigenvalue weighted by atomic mass is 32.2. The van der Waals surface area contributed by atoms with Crippen molar-refractivity contribution < 1.29 is 9.90 Å². The van der Waals surface area contributed by atoms with Crippen LogP contribution in [0.4, 0.5) is 0 Å². The van der Waals surface area contributed by atoms with Crippen molar-refractivity contribution in [1.29, 1.82) is 0 Å². The van der Waals surface area contributed by atoms with E-state index in [2.05, 4.69) is 15.5 Å². The predicted octanol–water partition coefficient (Wildman–Crippen LogP) is 0.135. The molecule has 0 fully saturated rings. The molecule has 102 valence electrons. The lowest BCUT2D eigenvalue weighted by Crippen LogP contribution is -2.42. The minimum atomic E-state index is -0.905. The van der Waals surface area contributed by atoms with E-state index in [9.17, 15) is 9.59 Å². The molecular formula is C10H18N4O3S. The van der Waals surface area contributed by atoms with E-state index in [-0.39, 0.29) is 11.7 Å². The highest BCUT2D eigenvalue weighted by molar-refractivity contribution is 7.99. The number of aromatic nitrogens is 3. The molecule has 1 aromatic heterocycles. The van der Waals surface area contributed by atoms with E-state index in [0.717, 1.165) is 0 Å². The van der Waals surface area contributed by atoms with Gasteiger partial charge in [0.1, 0.15) is 6.04 Å². The average molecular weight is 274 g/mol. The summed E-state index contributed by atoms with van der Waals surface area (Å²) in [4.78, 5) is 22.4. The molecular weight excluding hydrogens is 256 g/mol. The maximum atomic E-state index is 11.3. The quantitative estimate of drug-likeness (QED) is 0.611. The SMILES string of the molecule is CCn1c(SCC(NC(C)C)C(=O)O)n[nH]c1=O. The highest BCUT2D eigenvalue weighted by Gasteiger charge is 2.19. The minimum Gasteiger partial charge on any atom is -0.480 e. The smallest absolute Gasteiger partial charge is 0.343 e. The van der Waals surface area contributed by atoms with Gasteiger partial charge in [0.05, 0.1) is 0 Å². The summed E-state index contributed by atoms with van der Waals surface area (Å²) in [5.74, 6) is -0.588. The van der Waals surface area contributed by atoms with Gasteiger partial charge in [0.15, 0.2) is 5.16 Å². The normalized spacial score (nSPS) is 12.9. The zero-order valence-electron chi connectivity index (χ0n) is 10.6. The van der Waals surface area contributed by atoms with Crippen LogP contribution < -0.4 is 11.0 Å². The molecule has 0 amide bonds. The molecule has 3 N–H and O–H groups in total. The Labute approximate surface area is 109 Å². The molecule has 0 saturated heterocycles. The predicted molar refractivity (Wildman–Crippen MR) is 68.9 cm³/mol. The van der Waals surface area contributed by atoms with Crippen molar-refractivity contribution in [3.05, 3.63) is 10.5 Å². The van der Waals surface area contributed by atoms with E-state index in [0.29, 0.717) is 17.5 Å². The summed E-state index contributed by atoms with van der Waals surface area (Å²) in [7, 11) is 0. The second-order valence-corrected chi connectivity index (χ2v) is 5.07. The van der Waals surface area contributed by atoms with Crippen LogP contribution in [0.5, 0.6) is 0 Å². The van der Waals surface area contributed by atoms with E-state index in [1.54, 1.807) is 0 Å². The first kappa shape index (κ1) is 14.8. The standard InChI is InChI=1S/C10H18N4O3S/c1-4-14-9(17)12-13-10(14)18-5-7(8(15)16)11-6(2)3/h6-7,11H,4-5H2,1-3H3,(H,12,17)(H,15,16). The van der Waals surface area contributed by atoms with Crippen LogP contribution in [0.1, 0.15) is 20.8 Å². The fourth-order valence-corrected chi connectivity index (χ4v) is 2.48. The van der Waals surface area contributed by atoms with Crippen molar-refractivity contribution in [3.8, 4) is 0 Å². The van der Waals surface area contributed by atoms with Crippen LogP contribution in [0.2, 0.25) is 0 Å². The van der Waals surface area contributed by atoms with Crippen LogP contribution in [0, 0.1) is 0 Å². The number of aromatic amines is 1. The van der Waals surface area contributed by atoms with Gasteiger partial charge in [-0.25, -0.2) is 9.89 Å². The van der Waals surface area contributed by atoms with Crippen molar-refractivity contribution in [2.45, 2.75) is 44.6 Å². The number of hydrogen-bond acceptors (Lipinski definition) is 5. The Hall–Kier alpha value is -1.28. The summed E-state index contributed by atoms with van der Waals surface area (Å²) in [6.45, 7) is 6.11. The maximum Gasteiger partial charge on any atom is 0.343 e. The summed E-state index contributed by atoms with van der Waals surface area (Å²) in [5.41, 5.74) is -0.274. The van der Waals surface area contributed by atoms with E-state index in [1.807, 2.05) is 20.8 Å². The second kappa shape index (κ2) is 6.60. The van der Waals surface area contributed by atoms with E-state index < -0.39 is 12.0 Å². The molecule has 8 heteroatoms. The Morgan fingerprint density at radius 1 is 1.61 bits per heavy atom. The van der Waals surface area contributed by atoms with Crippen molar-refractivity contribution in [3.63, 3.8) is 0 Å². The third kappa shape index (κ3) is 3.88. The van der Waals surface area contributed by atoms with Crippen LogP contribution >= 0.6 is 11.8 Å². The molecule has 0 aliphatic heterocycles. The zero-order chi connectivity index (χ0) is 13.7. The lowest BCUT2D eigenvalue weighted by Gasteiger charge is -2.16. The van der Waals surface area contributed by atoms with Crippen LogP contribution in [-0.2, 0) is 11.3 Å². The molecule has 1 heterocycles. The lowest BCUT2D eigenvalue weighted by molar-refractivity contribution is -0.139. The van der Waals surface area contributed by atoms with Gasteiger partial charge in [-0.2, -0.15) is 0 Å². The molecule has 0 spiro atoms. The monoisotopic (exact) mass is 274 g/mol. The van der Waals surface area contributed by atoms with Gasteiger partial charge < -0.3 is 10.4 Å². The van der Waals surface area contributed by atoms with Gasteiger partial charge in [-0.05, 0) is 6.92 Å². The summed E-state index contributed by atoms with van der Waals surface area (Å²) >= 11 is 1.25. The molecule has 0 radical (unpaired) electrons. The minimum absolute atomic E-state index is 0.0826. The Morgan fingerprint density at radius 3 is 2.78 bits per heavy atom. The summed E-state index contributed by atoms with van der Waals surface area (Å²) in [6.07, 6.45) is 0. The second-order valence-electron chi connectivity index (χ2n) is 4.08. The van der Waals surface area contributed by atoms with Gasteiger partial charge in [0.2, 0.25) is 0 Å². The number of H-pyrrole nitrogens is 1. The van der Waals surface area contributed by atoms with Crippen molar-refractivity contribution in [1.82, 2.24) is 20.1 Å².